The third-order valence-electron chi connectivity index (χ3n) is 8.98. The van der Waals surface area contributed by atoms with Crippen molar-refractivity contribution in [2.24, 2.45) is 5.41 Å². The zero-order valence-corrected chi connectivity index (χ0v) is 32.0. The van der Waals surface area contributed by atoms with Gasteiger partial charge in [0.25, 0.3) is 17.7 Å². The Labute approximate surface area is 308 Å². The SMILES string of the molecule is CCCCCCCCCCCCCCOC(=O)c1ccc(OC)c(NC(=O)C(C(=O)C(C)(C)C)n2c(O)c(OCC)n(Cc3ccccc3)c2=O)c1. The summed E-state index contributed by atoms with van der Waals surface area (Å²) < 4.78 is 18.6. The Morgan fingerprint density at radius 2 is 1.44 bits per heavy atom. The number of carbonyl (C=O) groups is 3. The Bertz CT molecular complexity index is 1640. The molecule has 2 aromatic carbocycles. The molecule has 1 amide bonds. The summed E-state index contributed by atoms with van der Waals surface area (Å²) in [5.41, 5.74) is -0.866. The minimum Gasteiger partial charge on any atom is -0.495 e. The number of benzene rings is 2. The van der Waals surface area contributed by atoms with E-state index >= 15 is 0 Å². The molecule has 1 aromatic heterocycles. The van der Waals surface area contributed by atoms with Crippen molar-refractivity contribution in [2.75, 3.05) is 25.6 Å². The Kier molecular flexibility index (Phi) is 17.0. The molecule has 11 heteroatoms. The van der Waals surface area contributed by atoms with E-state index in [1.165, 1.54) is 87.7 Å². The van der Waals surface area contributed by atoms with Crippen LogP contribution in [0.1, 0.15) is 134 Å². The molecule has 1 atom stereocenters. The number of methoxy groups -OCH3 is 1. The maximum Gasteiger partial charge on any atom is 0.338 e. The molecule has 0 spiro atoms. The average molecular weight is 722 g/mol. The Morgan fingerprint density at radius 1 is 0.846 bits per heavy atom. The summed E-state index contributed by atoms with van der Waals surface area (Å²) in [7, 11) is 1.41. The van der Waals surface area contributed by atoms with Crippen LogP contribution in [0, 0.1) is 5.41 Å². The number of hydrogen-bond donors (Lipinski definition) is 2. The molecular formula is C41H59N3O8. The number of nitrogens with one attached hydrogen (secondary N) is 1. The number of anilines is 1. The fourth-order valence-corrected chi connectivity index (χ4v) is 6.04. The lowest BCUT2D eigenvalue weighted by Crippen LogP contribution is -2.43. The highest BCUT2D eigenvalue weighted by molar-refractivity contribution is 6.11. The number of carbonyl (C=O) groups excluding carboxylic acids is 3. The second-order valence-corrected chi connectivity index (χ2v) is 14.2. The first kappa shape index (κ1) is 41.9. The minimum atomic E-state index is -1.78. The summed E-state index contributed by atoms with van der Waals surface area (Å²) in [6, 6.07) is 11.8. The molecule has 52 heavy (non-hydrogen) atoms. The van der Waals surface area contributed by atoms with Crippen LogP contribution in [0.3, 0.4) is 0 Å². The quantitative estimate of drug-likeness (QED) is 0.0565. The number of Topliss-reactive ketones (excluding diaryl/α,β-unsaturated/α-hetero) is 1. The number of ether oxygens (including phenoxy) is 3. The second-order valence-electron chi connectivity index (χ2n) is 14.2. The number of ketones is 1. The molecule has 0 bridgehead atoms. The van der Waals surface area contributed by atoms with E-state index in [9.17, 15) is 24.3 Å². The molecule has 286 valence electrons. The van der Waals surface area contributed by atoms with Crippen molar-refractivity contribution in [1.82, 2.24) is 9.13 Å². The van der Waals surface area contributed by atoms with Gasteiger partial charge in [-0.05, 0) is 37.1 Å². The second kappa shape index (κ2) is 21.1. The first-order chi connectivity index (χ1) is 24.9. The third-order valence-corrected chi connectivity index (χ3v) is 8.98. The van der Waals surface area contributed by atoms with Gasteiger partial charge in [0.2, 0.25) is 0 Å². The molecule has 0 aliphatic heterocycles. The summed E-state index contributed by atoms with van der Waals surface area (Å²) in [5.74, 6) is -2.68. The first-order valence-corrected chi connectivity index (χ1v) is 18.9. The lowest BCUT2D eigenvalue weighted by molar-refractivity contribution is -0.135. The summed E-state index contributed by atoms with van der Waals surface area (Å²) in [5, 5.41) is 14.0. The van der Waals surface area contributed by atoms with Gasteiger partial charge < -0.3 is 24.6 Å². The van der Waals surface area contributed by atoms with E-state index < -0.39 is 40.7 Å². The highest BCUT2D eigenvalue weighted by Crippen LogP contribution is 2.34. The van der Waals surface area contributed by atoms with Crippen molar-refractivity contribution in [1.29, 1.82) is 0 Å². The van der Waals surface area contributed by atoms with Gasteiger partial charge in [-0.15, -0.1) is 0 Å². The monoisotopic (exact) mass is 721 g/mol. The molecule has 1 heterocycles. The number of nitrogens with zero attached hydrogens (tertiary/aromatic N) is 2. The van der Waals surface area contributed by atoms with Crippen LogP contribution in [0.2, 0.25) is 0 Å². The normalized spacial score (nSPS) is 12.0. The molecule has 0 fully saturated rings. The predicted octanol–water partition coefficient (Wildman–Crippen LogP) is 8.46. The van der Waals surface area contributed by atoms with Gasteiger partial charge in [-0.25, -0.2) is 14.2 Å². The number of amides is 1. The van der Waals surface area contributed by atoms with Crippen molar-refractivity contribution in [3.05, 3.63) is 70.1 Å². The maximum absolute atomic E-state index is 14.1. The van der Waals surface area contributed by atoms with Crippen LogP contribution < -0.4 is 20.5 Å². The van der Waals surface area contributed by atoms with E-state index in [0.717, 1.165) is 29.4 Å². The zero-order chi connectivity index (χ0) is 38.1. The third kappa shape index (κ3) is 12.0. The molecule has 11 nitrogen and oxygen atoms in total. The number of rotatable bonds is 23. The summed E-state index contributed by atoms with van der Waals surface area (Å²) in [6.07, 6.45) is 14.4. The maximum atomic E-state index is 14.1. The number of unbranched alkanes of at least 4 members (excludes halogenated alkanes) is 11. The van der Waals surface area contributed by atoms with E-state index in [2.05, 4.69) is 12.2 Å². The minimum absolute atomic E-state index is 0.0326. The van der Waals surface area contributed by atoms with Gasteiger partial charge in [-0.3, -0.25) is 14.2 Å². The number of imidazole rings is 1. The molecule has 0 aliphatic rings. The van der Waals surface area contributed by atoms with E-state index in [1.54, 1.807) is 27.7 Å². The highest BCUT2D eigenvalue weighted by atomic mass is 16.5. The predicted molar refractivity (Wildman–Crippen MR) is 204 cm³/mol. The molecule has 2 N–H and O–H groups in total. The lowest BCUT2D eigenvalue weighted by Gasteiger charge is -2.25. The zero-order valence-electron chi connectivity index (χ0n) is 32.0. The van der Waals surface area contributed by atoms with E-state index in [4.69, 9.17) is 14.2 Å². The van der Waals surface area contributed by atoms with Crippen LogP contribution in [0.15, 0.2) is 53.3 Å². The number of aromatic nitrogens is 2. The summed E-state index contributed by atoms with van der Waals surface area (Å²) in [6.45, 7) is 9.22. The van der Waals surface area contributed by atoms with Gasteiger partial charge >= 0.3 is 11.7 Å². The fourth-order valence-electron chi connectivity index (χ4n) is 6.04. The van der Waals surface area contributed by atoms with Gasteiger partial charge in [0.1, 0.15) is 5.75 Å². The van der Waals surface area contributed by atoms with Crippen LogP contribution >= 0.6 is 0 Å². The topological polar surface area (TPSA) is 138 Å². The number of esters is 1. The summed E-state index contributed by atoms with van der Waals surface area (Å²) >= 11 is 0. The number of aromatic hydroxyl groups is 1. The van der Waals surface area contributed by atoms with Crippen LogP contribution in [0.25, 0.3) is 0 Å². The lowest BCUT2D eigenvalue weighted by atomic mass is 9.86. The standard InChI is InChI=1S/C41H59N3O8/c1-7-9-10-11-12-13-14-15-16-17-18-22-27-52-39(48)31-25-26-33(50-6)32(28-31)42-36(46)34(35(45)41(3,4)5)44-37(47)38(51-8-2)43(40(44)49)29-30-23-20-19-21-24-30/h19-21,23-26,28,34,47H,7-18,22,27,29H2,1-6H3,(H,42,46). The molecule has 3 aromatic rings. The smallest absolute Gasteiger partial charge is 0.338 e. The first-order valence-electron chi connectivity index (χ1n) is 18.9. The van der Waals surface area contributed by atoms with Gasteiger partial charge in [0.05, 0.1) is 38.1 Å². The van der Waals surface area contributed by atoms with E-state index in [0.29, 0.717) is 0 Å². The van der Waals surface area contributed by atoms with Gasteiger partial charge in [-0.1, -0.05) is 129 Å². The molecule has 0 aliphatic carbocycles. The van der Waals surface area contributed by atoms with Crippen molar-refractivity contribution in [2.45, 2.75) is 124 Å². The van der Waals surface area contributed by atoms with Gasteiger partial charge in [-0.2, -0.15) is 0 Å². The van der Waals surface area contributed by atoms with Crippen molar-refractivity contribution >= 4 is 23.3 Å². The Morgan fingerprint density at radius 3 is 2.00 bits per heavy atom. The van der Waals surface area contributed by atoms with Gasteiger partial charge in [0.15, 0.2) is 11.8 Å². The van der Waals surface area contributed by atoms with Crippen molar-refractivity contribution in [3.63, 3.8) is 0 Å². The van der Waals surface area contributed by atoms with Crippen LogP contribution in [0.5, 0.6) is 17.5 Å². The molecular weight excluding hydrogens is 662 g/mol. The molecule has 0 saturated heterocycles. The van der Waals surface area contributed by atoms with Crippen LogP contribution in [0.4, 0.5) is 5.69 Å². The number of hydrogen-bond acceptors (Lipinski definition) is 8. The molecule has 0 saturated carbocycles. The molecule has 0 radical (unpaired) electrons. The fraction of sp³-hybridized carbons (Fsp3) is 0.561. The Hall–Kier alpha value is -4.54. The average Bonchev–Trinajstić information content (AvgIpc) is 3.34. The van der Waals surface area contributed by atoms with E-state index in [1.807, 2.05) is 30.3 Å². The Balaban J connectivity index is 1.73. The van der Waals surface area contributed by atoms with Crippen molar-refractivity contribution in [3.8, 4) is 17.5 Å². The summed E-state index contributed by atoms with van der Waals surface area (Å²) in [4.78, 5) is 54.9. The molecule has 3 rings (SSSR count). The van der Waals surface area contributed by atoms with Crippen LogP contribution in [-0.2, 0) is 20.9 Å². The highest BCUT2D eigenvalue weighted by Gasteiger charge is 2.41. The van der Waals surface area contributed by atoms with E-state index in [-0.39, 0.29) is 42.6 Å². The van der Waals surface area contributed by atoms with Gasteiger partial charge in [0, 0.05) is 5.41 Å². The molecule has 1 unspecified atom stereocenters. The van der Waals surface area contributed by atoms with Crippen LogP contribution in [-0.4, -0.2) is 52.2 Å². The van der Waals surface area contributed by atoms with Crippen molar-refractivity contribution < 1.29 is 33.7 Å². The largest absolute Gasteiger partial charge is 0.495 e.